The van der Waals surface area contributed by atoms with Crippen molar-refractivity contribution in [1.29, 1.82) is 0 Å². The fraction of sp³-hybridized carbons (Fsp3) is 0.250. The minimum absolute atomic E-state index is 0.632. The maximum Gasteiger partial charge on any atom is 0.335 e. The van der Waals surface area contributed by atoms with E-state index in [1.165, 1.54) is 12.5 Å². The number of ether oxygens (including phenoxy) is 2. The van der Waals surface area contributed by atoms with Crippen LogP contribution in [0.25, 0.3) is 0 Å². The Labute approximate surface area is 119 Å². The fourth-order valence-electron chi connectivity index (χ4n) is 1.01. The van der Waals surface area contributed by atoms with Crippen molar-refractivity contribution < 1.29 is 19.1 Å². The molecule has 108 valence electrons. The van der Waals surface area contributed by atoms with Crippen molar-refractivity contribution in [1.82, 2.24) is 0 Å². The molecule has 0 saturated heterocycles. The Morgan fingerprint density at radius 1 is 0.750 bits per heavy atom. The average molecular weight is 276 g/mol. The van der Waals surface area contributed by atoms with Gasteiger partial charge in [0.2, 0.25) is 0 Å². The predicted molar refractivity (Wildman–Crippen MR) is 78.5 cm³/mol. The third-order valence-electron chi connectivity index (χ3n) is 1.99. The van der Waals surface area contributed by atoms with Crippen LogP contribution in [-0.4, -0.2) is 11.9 Å². The molecule has 0 rings (SSSR count). The minimum atomic E-state index is -0.632. The van der Waals surface area contributed by atoms with Gasteiger partial charge >= 0.3 is 11.9 Å². The molecular weight excluding hydrogens is 256 g/mol. The second-order valence-electron chi connectivity index (χ2n) is 3.68. The zero-order chi connectivity index (χ0) is 15.1. The molecule has 0 heterocycles. The molecule has 0 aliphatic rings. The van der Waals surface area contributed by atoms with Crippen LogP contribution >= 0.6 is 0 Å². The molecule has 0 saturated carbocycles. The lowest BCUT2D eigenvalue weighted by atomic mass is 10.3. The van der Waals surface area contributed by atoms with Crippen molar-refractivity contribution in [2.75, 3.05) is 0 Å². The van der Waals surface area contributed by atoms with Crippen LogP contribution in [-0.2, 0) is 19.1 Å². The van der Waals surface area contributed by atoms with Gasteiger partial charge < -0.3 is 9.47 Å². The Bertz CT molecular complexity index is 365. The van der Waals surface area contributed by atoms with Gasteiger partial charge in [0.1, 0.15) is 0 Å². The molecule has 0 fully saturated rings. The molecule has 20 heavy (non-hydrogen) atoms. The van der Waals surface area contributed by atoms with Crippen LogP contribution in [0.4, 0.5) is 0 Å². The van der Waals surface area contributed by atoms with Gasteiger partial charge in [0.05, 0.1) is 12.5 Å². The van der Waals surface area contributed by atoms with E-state index in [4.69, 9.17) is 9.47 Å². The number of rotatable bonds is 10. The first kappa shape index (κ1) is 17.6. The zero-order valence-corrected chi connectivity index (χ0v) is 11.5. The Morgan fingerprint density at radius 2 is 1.15 bits per heavy atom. The fourth-order valence-corrected chi connectivity index (χ4v) is 1.01. The Hall–Kier alpha value is -2.36. The lowest BCUT2D eigenvalue weighted by Crippen LogP contribution is -1.98. The molecule has 0 spiro atoms. The van der Waals surface area contributed by atoms with E-state index in [0.29, 0.717) is 0 Å². The van der Waals surface area contributed by atoms with E-state index >= 15 is 0 Å². The molecular formula is C16H20O4. The molecule has 0 unspecified atom stereocenters. The predicted octanol–water partition coefficient (Wildman–Crippen LogP) is 3.59. The number of carbonyl (C=O) groups is 2. The van der Waals surface area contributed by atoms with Crippen LogP contribution in [0.15, 0.2) is 62.1 Å². The third-order valence-corrected chi connectivity index (χ3v) is 1.99. The summed E-state index contributed by atoms with van der Waals surface area (Å²) in [5.74, 6) is -1.26. The molecule has 0 amide bonds. The van der Waals surface area contributed by atoms with Gasteiger partial charge in [-0.2, -0.15) is 0 Å². The average Bonchev–Trinajstić information content (AvgIpc) is 2.44. The second kappa shape index (κ2) is 13.1. The van der Waals surface area contributed by atoms with Gasteiger partial charge in [0.15, 0.2) is 0 Å². The minimum Gasteiger partial charge on any atom is -0.432 e. The van der Waals surface area contributed by atoms with Gasteiger partial charge in [-0.25, -0.2) is 9.59 Å². The Balaban J connectivity index is 3.85. The first-order valence-corrected chi connectivity index (χ1v) is 6.31. The SMILES string of the molecule is C=CCCC=COC(=O)/C=C\C(=O)OC=CCCC=C. The third kappa shape index (κ3) is 12.1. The molecule has 0 aliphatic heterocycles. The molecule has 0 aromatic carbocycles. The van der Waals surface area contributed by atoms with Crippen LogP contribution in [0.1, 0.15) is 25.7 Å². The first-order valence-electron chi connectivity index (χ1n) is 6.31. The van der Waals surface area contributed by atoms with E-state index in [1.807, 2.05) is 0 Å². The van der Waals surface area contributed by atoms with E-state index in [-0.39, 0.29) is 0 Å². The van der Waals surface area contributed by atoms with Gasteiger partial charge in [-0.15, -0.1) is 13.2 Å². The molecule has 0 aromatic heterocycles. The summed E-state index contributed by atoms with van der Waals surface area (Å²) in [5.41, 5.74) is 0. The molecule has 0 aliphatic carbocycles. The summed E-state index contributed by atoms with van der Waals surface area (Å²) in [6, 6.07) is 0. The van der Waals surface area contributed by atoms with E-state index < -0.39 is 11.9 Å². The number of hydrogen-bond acceptors (Lipinski definition) is 4. The summed E-state index contributed by atoms with van der Waals surface area (Å²) >= 11 is 0. The number of carbonyl (C=O) groups excluding carboxylic acids is 2. The van der Waals surface area contributed by atoms with Gasteiger partial charge in [0, 0.05) is 12.2 Å². The molecule has 0 atom stereocenters. The summed E-state index contributed by atoms with van der Waals surface area (Å²) < 4.78 is 9.44. The van der Waals surface area contributed by atoms with Crippen LogP contribution in [0.3, 0.4) is 0 Å². The van der Waals surface area contributed by atoms with E-state index in [1.54, 1.807) is 24.3 Å². The zero-order valence-electron chi connectivity index (χ0n) is 11.5. The van der Waals surface area contributed by atoms with Crippen molar-refractivity contribution in [3.8, 4) is 0 Å². The summed E-state index contributed by atoms with van der Waals surface area (Å²) in [6.07, 6.45) is 14.7. The van der Waals surface area contributed by atoms with E-state index in [9.17, 15) is 9.59 Å². The molecule has 0 aromatic rings. The molecule has 4 nitrogen and oxygen atoms in total. The molecule has 4 heteroatoms. The molecule has 0 N–H and O–H groups in total. The summed E-state index contributed by atoms with van der Waals surface area (Å²) in [5, 5.41) is 0. The highest BCUT2D eigenvalue weighted by Gasteiger charge is 1.97. The van der Waals surface area contributed by atoms with Crippen molar-refractivity contribution in [3.63, 3.8) is 0 Å². The van der Waals surface area contributed by atoms with Crippen molar-refractivity contribution >= 4 is 11.9 Å². The first-order chi connectivity index (χ1) is 9.70. The van der Waals surface area contributed by atoms with Gasteiger partial charge in [-0.1, -0.05) is 12.2 Å². The number of esters is 2. The Morgan fingerprint density at radius 3 is 1.50 bits per heavy atom. The lowest BCUT2D eigenvalue weighted by molar-refractivity contribution is -0.135. The van der Waals surface area contributed by atoms with E-state index in [0.717, 1.165) is 37.8 Å². The van der Waals surface area contributed by atoms with Crippen molar-refractivity contribution in [3.05, 3.63) is 62.1 Å². The molecule has 0 bridgehead atoms. The van der Waals surface area contributed by atoms with Crippen molar-refractivity contribution in [2.45, 2.75) is 25.7 Å². The largest absolute Gasteiger partial charge is 0.432 e. The van der Waals surface area contributed by atoms with Gasteiger partial charge in [-0.05, 0) is 37.8 Å². The topological polar surface area (TPSA) is 52.6 Å². The quantitative estimate of drug-likeness (QED) is 0.201. The number of unbranched alkanes of at least 4 members (excludes halogenated alkanes) is 2. The van der Waals surface area contributed by atoms with Crippen molar-refractivity contribution in [2.24, 2.45) is 0 Å². The maximum atomic E-state index is 11.2. The van der Waals surface area contributed by atoms with Crippen LogP contribution < -0.4 is 0 Å². The maximum absolute atomic E-state index is 11.2. The lowest BCUT2D eigenvalue weighted by Gasteiger charge is -1.93. The van der Waals surface area contributed by atoms with Gasteiger partial charge in [-0.3, -0.25) is 0 Å². The highest BCUT2D eigenvalue weighted by molar-refractivity contribution is 5.92. The summed E-state index contributed by atoms with van der Waals surface area (Å²) in [7, 11) is 0. The number of allylic oxidation sites excluding steroid dienone is 4. The van der Waals surface area contributed by atoms with Crippen LogP contribution in [0, 0.1) is 0 Å². The summed E-state index contributed by atoms with van der Waals surface area (Å²) in [6.45, 7) is 7.14. The molecule has 0 radical (unpaired) electrons. The number of hydrogen-bond donors (Lipinski definition) is 0. The Kier molecular flexibility index (Phi) is 11.5. The van der Waals surface area contributed by atoms with Gasteiger partial charge in [0.25, 0.3) is 0 Å². The van der Waals surface area contributed by atoms with Crippen LogP contribution in [0.5, 0.6) is 0 Å². The monoisotopic (exact) mass is 276 g/mol. The second-order valence-corrected chi connectivity index (χ2v) is 3.68. The highest BCUT2D eigenvalue weighted by Crippen LogP contribution is 1.94. The smallest absolute Gasteiger partial charge is 0.335 e. The summed E-state index contributed by atoms with van der Waals surface area (Å²) in [4.78, 5) is 22.4. The standard InChI is InChI=1S/C16H20O4/c1-3-5-7-9-13-19-15(17)11-12-16(18)20-14-10-8-6-4-2/h3-4,9-14H,1-2,5-8H2/b12-11-,13-9?,14-10?. The normalized spacial score (nSPS) is 11.0. The van der Waals surface area contributed by atoms with Crippen LogP contribution in [0.2, 0.25) is 0 Å². The highest BCUT2D eigenvalue weighted by atomic mass is 16.5. The van der Waals surface area contributed by atoms with E-state index in [2.05, 4.69) is 13.2 Å².